The summed E-state index contributed by atoms with van der Waals surface area (Å²) in [5, 5.41) is 9.17. The number of rotatable bonds is 23. The van der Waals surface area contributed by atoms with Crippen molar-refractivity contribution in [2.75, 3.05) is 23.0 Å². The van der Waals surface area contributed by atoms with Crippen LogP contribution in [0.1, 0.15) is 94.7 Å². The van der Waals surface area contributed by atoms with Gasteiger partial charge in [0.1, 0.15) is 10.1 Å². The Morgan fingerprint density at radius 2 is 1.31 bits per heavy atom. The van der Waals surface area contributed by atoms with Gasteiger partial charge in [-0.1, -0.05) is 67.8 Å². The molecule has 4 N–H and O–H groups in total. The molecule has 16 nitrogen and oxygen atoms in total. The molecule has 2 atom stereocenters. The topological polar surface area (TPSA) is 264 Å². The molecule has 0 saturated heterocycles. The molecule has 2 aliphatic heterocycles. The van der Waals surface area contributed by atoms with Crippen molar-refractivity contribution in [2.45, 2.75) is 105 Å². The zero-order chi connectivity index (χ0) is 47.1. The summed E-state index contributed by atoms with van der Waals surface area (Å²) in [7, 11) is -18.0. The minimum absolute atomic E-state index is 0.00700. The third kappa shape index (κ3) is 12.8. The number of fused-ring (bicyclic) bond motifs is 2. The van der Waals surface area contributed by atoms with Crippen molar-refractivity contribution in [2.24, 2.45) is 0 Å². The van der Waals surface area contributed by atoms with Crippen LogP contribution in [0.2, 0.25) is 0 Å². The van der Waals surface area contributed by atoms with Gasteiger partial charge in [-0.2, -0.15) is 29.8 Å². The lowest BCUT2D eigenvalue weighted by Crippen LogP contribution is -2.31. The van der Waals surface area contributed by atoms with Crippen LogP contribution in [-0.4, -0.2) is 91.3 Å². The van der Waals surface area contributed by atoms with Crippen LogP contribution in [0.5, 0.6) is 0 Å². The van der Waals surface area contributed by atoms with Crippen molar-refractivity contribution in [3.63, 3.8) is 0 Å². The van der Waals surface area contributed by atoms with E-state index in [1.165, 1.54) is 24.3 Å². The average Bonchev–Trinajstić information content (AvgIpc) is 3.56. The Balaban J connectivity index is 1.60. The summed E-state index contributed by atoms with van der Waals surface area (Å²) in [5.74, 6) is -1.86. The molecule has 64 heavy (non-hydrogen) atoms. The predicted octanol–water partition coefficient (Wildman–Crippen LogP) is 6.93. The van der Waals surface area contributed by atoms with E-state index in [4.69, 9.17) is 5.11 Å². The minimum atomic E-state index is -4.85. The quantitative estimate of drug-likeness (QED) is 0.0325. The molecule has 0 aliphatic carbocycles. The first-order chi connectivity index (χ1) is 29.8. The van der Waals surface area contributed by atoms with E-state index in [2.05, 4.69) is 0 Å². The van der Waals surface area contributed by atoms with Crippen LogP contribution in [0.25, 0.3) is 0 Å². The number of allylic oxidation sites excluding steroid dienone is 6. The molecule has 2 aliphatic rings. The van der Waals surface area contributed by atoms with Crippen LogP contribution in [0.3, 0.4) is 0 Å². The standard InChI is InChI=1S/C44H54N2O14S4/c1-43(25-11-14-28-61(49,50)51)36-30-34(63(55,56)57)21-23-38(36)45(27-13-5-10-20-42(47)48)40(43)18-8-4-9-19-41-44(2,26-12-15-29-62(52,53)54)37-31-35(64(58,59)60)22-24-39(37)46(41)32-33-16-6-3-7-17-33/h3-4,6-9,16-19,21-24,30-31H,5,10-15,20,25-29,32H2,1-2H3,(H4-,47,48,49,50,51,52,53,54,55,56,57,58,59,60). The molecule has 0 radical (unpaired) electrons. The summed E-state index contributed by atoms with van der Waals surface area (Å²) in [6.07, 6.45) is 12.1. The maximum Gasteiger partial charge on any atom is 0.303 e. The molecule has 2 unspecified atom stereocenters. The Morgan fingerprint density at radius 3 is 1.91 bits per heavy atom. The number of unbranched alkanes of at least 4 members (excludes halogenated alkanes) is 4. The summed E-state index contributed by atoms with van der Waals surface area (Å²) in [5.41, 5.74) is 2.90. The number of carboxylic acid groups (broad SMARTS) is 1. The third-order valence-electron chi connectivity index (χ3n) is 11.8. The molecule has 2 heterocycles. The van der Waals surface area contributed by atoms with E-state index in [1.54, 1.807) is 30.4 Å². The molecule has 3 aromatic carbocycles. The first-order valence-corrected chi connectivity index (χ1v) is 26.8. The van der Waals surface area contributed by atoms with Gasteiger partial charge < -0.3 is 14.6 Å². The van der Waals surface area contributed by atoms with Crippen LogP contribution < -0.4 is 4.90 Å². The summed E-state index contributed by atoms with van der Waals surface area (Å²) in [6, 6.07) is 18.0. The van der Waals surface area contributed by atoms with E-state index in [0.717, 1.165) is 5.56 Å². The second-order valence-corrected chi connectivity index (χ2v) is 22.5. The van der Waals surface area contributed by atoms with Gasteiger partial charge in [0.25, 0.3) is 30.4 Å². The Kier molecular flexibility index (Phi) is 16.0. The summed E-state index contributed by atoms with van der Waals surface area (Å²) in [4.78, 5) is 12.4. The third-order valence-corrected chi connectivity index (χ3v) is 15.1. The van der Waals surface area contributed by atoms with Gasteiger partial charge in [0.05, 0.1) is 26.7 Å². The highest BCUT2D eigenvalue weighted by Crippen LogP contribution is 2.51. The van der Waals surface area contributed by atoms with Gasteiger partial charge in [-0.3, -0.25) is 18.5 Å². The summed E-state index contributed by atoms with van der Waals surface area (Å²) in [6.45, 7) is 4.53. The van der Waals surface area contributed by atoms with Crippen molar-refractivity contribution >= 4 is 63.5 Å². The maximum atomic E-state index is 12.3. The molecular weight excluding hydrogens is 909 g/mol. The molecule has 5 rings (SSSR count). The van der Waals surface area contributed by atoms with Gasteiger partial charge in [0.2, 0.25) is 5.69 Å². The molecular formula is C44H54N2O14S4. The Bertz CT molecular complexity index is 2800. The van der Waals surface area contributed by atoms with Crippen LogP contribution in [-0.2, 0) is 62.6 Å². The molecule has 0 bridgehead atoms. The minimum Gasteiger partial charge on any atom is -0.744 e. The molecule has 0 aromatic heterocycles. The first kappa shape index (κ1) is 50.5. The molecule has 0 saturated carbocycles. The smallest absolute Gasteiger partial charge is 0.303 e. The van der Waals surface area contributed by atoms with E-state index in [-0.39, 0.29) is 24.2 Å². The second kappa shape index (κ2) is 20.3. The van der Waals surface area contributed by atoms with E-state index in [1.807, 2.05) is 65.8 Å². The van der Waals surface area contributed by atoms with Crippen molar-refractivity contribution in [1.29, 1.82) is 0 Å². The maximum absolute atomic E-state index is 12.3. The lowest BCUT2D eigenvalue weighted by atomic mass is 9.75. The first-order valence-electron chi connectivity index (χ1n) is 20.7. The fourth-order valence-electron chi connectivity index (χ4n) is 8.69. The SMILES string of the molecule is CC1(CCCCS(=O)(=O)O)C(/C=C/C=C/C=C2/N(CCCCCC(=O)O)c3ccc(S(=O)(=O)O)cc3C2(C)CCCCS(=O)(=O)O)=[N+](Cc2ccccc2)c2ccc(S(=O)(=O)[O-])cc21. The lowest BCUT2D eigenvalue weighted by Gasteiger charge is -2.30. The predicted molar refractivity (Wildman–Crippen MR) is 241 cm³/mol. The number of hydrogen-bond donors (Lipinski definition) is 4. The monoisotopic (exact) mass is 962 g/mol. The van der Waals surface area contributed by atoms with Crippen molar-refractivity contribution in [3.05, 3.63) is 119 Å². The average molecular weight is 963 g/mol. The van der Waals surface area contributed by atoms with Crippen LogP contribution in [0.15, 0.2) is 113 Å². The number of aliphatic carboxylic acids is 1. The normalized spacial score (nSPS) is 19.9. The van der Waals surface area contributed by atoms with Gasteiger partial charge in [-0.25, -0.2) is 8.42 Å². The Hall–Kier alpha value is -4.54. The van der Waals surface area contributed by atoms with Crippen LogP contribution >= 0.6 is 0 Å². The van der Waals surface area contributed by atoms with Gasteiger partial charge in [0.15, 0.2) is 12.3 Å². The largest absolute Gasteiger partial charge is 0.744 e. The zero-order valence-electron chi connectivity index (χ0n) is 35.5. The van der Waals surface area contributed by atoms with Crippen LogP contribution in [0.4, 0.5) is 11.4 Å². The zero-order valence-corrected chi connectivity index (χ0v) is 38.8. The van der Waals surface area contributed by atoms with Gasteiger partial charge in [-0.15, -0.1) is 0 Å². The number of nitrogens with zero attached hydrogens (tertiary/aromatic N) is 2. The highest BCUT2D eigenvalue weighted by molar-refractivity contribution is 7.86. The van der Waals surface area contributed by atoms with E-state index < -0.39 is 73.7 Å². The van der Waals surface area contributed by atoms with Gasteiger partial charge in [0, 0.05) is 53.0 Å². The molecule has 3 aromatic rings. The Morgan fingerprint density at radius 1 is 0.703 bits per heavy atom. The summed E-state index contributed by atoms with van der Waals surface area (Å²) >= 11 is 0. The van der Waals surface area contributed by atoms with Gasteiger partial charge in [-0.05, 0) is 94.3 Å². The Labute approximate surface area is 375 Å². The fraction of sp³-hybridized carbons (Fsp3) is 0.409. The van der Waals surface area contributed by atoms with Gasteiger partial charge >= 0.3 is 5.97 Å². The van der Waals surface area contributed by atoms with Crippen molar-refractivity contribution < 1.29 is 66.4 Å². The highest BCUT2D eigenvalue weighted by Gasteiger charge is 2.48. The summed E-state index contributed by atoms with van der Waals surface area (Å²) < 4.78 is 139. The fourth-order valence-corrected chi connectivity index (χ4v) is 10.8. The molecule has 348 valence electrons. The second-order valence-electron chi connectivity index (χ2n) is 16.5. The number of carbonyl (C=O) groups is 1. The van der Waals surface area contributed by atoms with Crippen molar-refractivity contribution in [3.8, 4) is 0 Å². The number of anilines is 1. The van der Waals surface area contributed by atoms with Crippen LogP contribution in [0, 0.1) is 0 Å². The molecule has 0 fully saturated rings. The van der Waals surface area contributed by atoms with E-state index in [9.17, 15) is 56.7 Å². The number of carboxylic acids is 1. The molecule has 20 heteroatoms. The number of benzene rings is 3. The van der Waals surface area contributed by atoms with E-state index >= 15 is 0 Å². The van der Waals surface area contributed by atoms with E-state index in [0.29, 0.717) is 91.9 Å². The highest BCUT2D eigenvalue weighted by atomic mass is 32.2. The lowest BCUT2D eigenvalue weighted by molar-refractivity contribution is -0.455. The molecule has 0 spiro atoms. The van der Waals surface area contributed by atoms with Crippen molar-refractivity contribution in [1.82, 2.24) is 0 Å². The number of hydrogen-bond acceptors (Lipinski definition) is 11. The molecule has 0 amide bonds.